The summed E-state index contributed by atoms with van der Waals surface area (Å²) >= 11 is 6.12. The molecule has 4 heteroatoms. The van der Waals surface area contributed by atoms with E-state index in [1.807, 2.05) is 4.90 Å². The lowest BCUT2D eigenvalue weighted by molar-refractivity contribution is -0.131. The van der Waals surface area contributed by atoms with E-state index in [0.29, 0.717) is 6.04 Å². The van der Waals surface area contributed by atoms with Gasteiger partial charge in [-0.15, -0.1) is 24.4 Å². The van der Waals surface area contributed by atoms with E-state index < -0.39 is 0 Å². The molecule has 2 atom stereocenters. The van der Waals surface area contributed by atoms with Crippen LogP contribution in [-0.4, -0.2) is 27.3 Å². The molecule has 1 saturated heterocycles. The summed E-state index contributed by atoms with van der Waals surface area (Å²) < 4.78 is 0.0433. The van der Waals surface area contributed by atoms with Gasteiger partial charge >= 0.3 is 0 Å². The van der Waals surface area contributed by atoms with Crippen LogP contribution in [-0.2, 0) is 4.79 Å². The first-order valence-corrected chi connectivity index (χ1v) is 5.99. The van der Waals surface area contributed by atoms with E-state index in [4.69, 9.17) is 0 Å². The maximum atomic E-state index is 11.4. The van der Waals surface area contributed by atoms with E-state index in [-0.39, 0.29) is 16.0 Å². The zero-order chi connectivity index (χ0) is 10.2. The van der Waals surface area contributed by atoms with Gasteiger partial charge in [-0.3, -0.25) is 4.79 Å². The van der Waals surface area contributed by atoms with E-state index >= 15 is 0 Å². The van der Waals surface area contributed by atoms with Crippen molar-refractivity contribution in [2.24, 2.45) is 5.41 Å². The van der Waals surface area contributed by atoms with Crippen LogP contribution in [0.2, 0.25) is 0 Å². The Hall–Kier alpha value is 0.170. The van der Waals surface area contributed by atoms with Crippen LogP contribution in [0.5, 0.6) is 0 Å². The maximum Gasteiger partial charge on any atom is 0.221 e. The number of hydrogen-bond acceptors (Lipinski definition) is 3. The van der Waals surface area contributed by atoms with Gasteiger partial charge in [-0.25, -0.2) is 0 Å². The molecular weight excluding hydrogens is 202 g/mol. The third-order valence-corrected chi connectivity index (χ3v) is 4.07. The molecule has 1 rings (SSSR count). The molecule has 0 aromatic carbocycles. The molecule has 0 aromatic heterocycles. The van der Waals surface area contributed by atoms with Crippen molar-refractivity contribution in [2.45, 2.75) is 38.4 Å². The topological polar surface area (TPSA) is 20.3 Å². The quantitative estimate of drug-likeness (QED) is 0.630. The van der Waals surface area contributed by atoms with Crippen LogP contribution in [0.3, 0.4) is 0 Å². The van der Waals surface area contributed by atoms with Gasteiger partial charge in [-0.1, -0.05) is 20.8 Å². The normalized spacial score (nSPS) is 29.5. The highest BCUT2D eigenvalue weighted by atomic mass is 32.2. The molecule has 76 valence electrons. The molecule has 1 heterocycles. The number of thioether (sulfide) groups is 1. The molecule has 1 aliphatic rings. The summed E-state index contributed by atoms with van der Waals surface area (Å²) in [6.07, 6.45) is 0. The van der Waals surface area contributed by atoms with Crippen LogP contribution >= 0.6 is 24.4 Å². The van der Waals surface area contributed by atoms with Crippen LogP contribution in [0.1, 0.15) is 27.7 Å². The molecule has 2 nitrogen and oxygen atoms in total. The van der Waals surface area contributed by atoms with Crippen molar-refractivity contribution in [1.82, 2.24) is 4.90 Å². The molecule has 0 aromatic rings. The van der Waals surface area contributed by atoms with Crippen LogP contribution in [0.25, 0.3) is 0 Å². The van der Waals surface area contributed by atoms with Crippen LogP contribution in [0, 0.1) is 5.41 Å². The average Bonchev–Trinajstić information content (AvgIpc) is 2.28. The van der Waals surface area contributed by atoms with E-state index in [0.717, 1.165) is 5.75 Å². The number of carbonyl (C=O) groups is 1. The average molecular weight is 219 g/mol. The fourth-order valence-corrected chi connectivity index (χ4v) is 3.59. The fourth-order valence-electron chi connectivity index (χ4n) is 1.53. The lowest BCUT2D eigenvalue weighted by Crippen LogP contribution is -2.45. The number of carbonyl (C=O) groups excluding carboxylic acids is 1. The third-order valence-electron chi connectivity index (χ3n) is 2.34. The summed E-state index contributed by atoms with van der Waals surface area (Å²) in [6, 6.07) is 0.317. The molecule has 0 spiro atoms. The minimum atomic E-state index is 0.0433. The van der Waals surface area contributed by atoms with Gasteiger partial charge < -0.3 is 4.90 Å². The van der Waals surface area contributed by atoms with Gasteiger partial charge in [-0.2, -0.15) is 0 Å². The van der Waals surface area contributed by atoms with E-state index in [1.54, 1.807) is 18.7 Å². The highest BCUT2D eigenvalue weighted by Crippen LogP contribution is 2.39. The Kier molecular flexibility index (Phi) is 3.23. The van der Waals surface area contributed by atoms with E-state index in [9.17, 15) is 4.79 Å². The third kappa shape index (κ3) is 2.34. The summed E-state index contributed by atoms with van der Waals surface area (Å²) in [5.74, 6) is 1.13. The Morgan fingerprint density at radius 2 is 2.08 bits per heavy atom. The van der Waals surface area contributed by atoms with Crippen LogP contribution < -0.4 is 0 Å². The lowest BCUT2D eigenvalue weighted by atomic mass is 9.87. The van der Waals surface area contributed by atoms with Crippen molar-refractivity contribution in [3.63, 3.8) is 0 Å². The Bertz CT molecular complexity index is 212. The lowest BCUT2D eigenvalue weighted by Gasteiger charge is -2.35. The van der Waals surface area contributed by atoms with Crippen LogP contribution in [0.15, 0.2) is 0 Å². The van der Waals surface area contributed by atoms with Crippen molar-refractivity contribution < 1.29 is 4.79 Å². The highest BCUT2D eigenvalue weighted by molar-refractivity contribution is 8.10. The maximum absolute atomic E-state index is 11.4. The zero-order valence-electron chi connectivity index (χ0n) is 8.57. The summed E-state index contributed by atoms with van der Waals surface area (Å²) in [5.41, 5.74) is 0.149. The Morgan fingerprint density at radius 3 is 2.38 bits per heavy atom. The largest absolute Gasteiger partial charge is 0.318 e. The van der Waals surface area contributed by atoms with Crippen molar-refractivity contribution in [2.75, 3.05) is 5.75 Å². The Morgan fingerprint density at radius 1 is 1.54 bits per heavy atom. The molecule has 0 aliphatic carbocycles. The summed E-state index contributed by atoms with van der Waals surface area (Å²) in [7, 11) is 0. The molecule has 13 heavy (non-hydrogen) atoms. The summed E-state index contributed by atoms with van der Waals surface area (Å²) in [4.78, 5) is 13.3. The standard InChI is InChI=1S/C9H17NOS2/c1-6(11)10-7(9(2,3)4)5-13-8(10)12/h7-8,12H,5H2,1-4H3/t7-,8?/m1/s1. The molecular formula is C9H17NOS2. The predicted molar refractivity (Wildman–Crippen MR) is 61.0 cm³/mol. The first-order valence-electron chi connectivity index (χ1n) is 4.42. The molecule has 1 aliphatic heterocycles. The number of hydrogen-bond donors (Lipinski definition) is 1. The molecule has 1 unspecified atom stereocenters. The number of thiol groups is 1. The Balaban J connectivity index is 2.82. The van der Waals surface area contributed by atoms with Crippen molar-refractivity contribution in [1.29, 1.82) is 0 Å². The molecule has 0 bridgehead atoms. The number of nitrogens with zero attached hydrogens (tertiary/aromatic N) is 1. The predicted octanol–water partition coefficient (Wildman–Crippen LogP) is 2.21. The number of rotatable bonds is 0. The monoisotopic (exact) mass is 219 g/mol. The first kappa shape index (κ1) is 11.2. The number of amides is 1. The second-order valence-corrected chi connectivity index (χ2v) is 6.42. The second-order valence-electron chi connectivity index (χ2n) is 4.47. The van der Waals surface area contributed by atoms with Gasteiger partial charge in [0.05, 0.1) is 0 Å². The zero-order valence-corrected chi connectivity index (χ0v) is 10.3. The second kappa shape index (κ2) is 3.73. The fraction of sp³-hybridized carbons (Fsp3) is 0.889. The van der Waals surface area contributed by atoms with Gasteiger partial charge in [0.1, 0.15) is 4.71 Å². The van der Waals surface area contributed by atoms with Crippen molar-refractivity contribution in [3.8, 4) is 0 Å². The summed E-state index contributed by atoms with van der Waals surface area (Å²) in [6.45, 7) is 8.12. The van der Waals surface area contributed by atoms with Gasteiger partial charge in [0, 0.05) is 18.7 Å². The first-order chi connectivity index (χ1) is 5.84. The molecule has 1 fully saturated rings. The minimum Gasteiger partial charge on any atom is -0.318 e. The van der Waals surface area contributed by atoms with Gasteiger partial charge in [0.2, 0.25) is 5.91 Å². The van der Waals surface area contributed by atoms with Crippen LogP contribution in [0.4, 0.5) is 0 Å². The molecule has 0 radical (unpaired) electrons. The molecule has 0 saturated carbocycles. The summed E-state index contributed by atoms with van der Waals surface area (Å²) in [5, 5.41) is 0. The van der Waals surface area contributed by atoms with Gasteiger partial charge in [-0.05, 0) is 5.41 Å². The van der Waals surface area contributed by atoms with Gasteiger partial charge in [0.15, 0.2) is 0 Å². The van der Waals surface area contributed by atoms with Gasteiger partial charge in [0.25, 0.3) is 0 Å². The molecule has 1 amide bonds. The van der Waals surface area contributed by atoms with E-state index in [2.05, 4.69) is 33.4 Å². The molecule has 0 N–H and O–H groups in total. The SMILES string of the molecule is CC(=O)N1C(S)SC[C@@H]1C(C)(C)C. The van der Waals surface area contributed by atoms with Crippen molar-refractivity contribution in [3.05, 3.63) is 0 Å². The Labute approximate surface area is 89.9 Å². The highest BCUT2D eigenvalue weighted by Gasteiger charge is 2.40. The van der Waals surface area contributed by atoms with Crippen molar-refractivity contribution >= 4 is 30.3 Å². The van der Waals surface area contributed by atoms with E-state index in [1.165, 1.54) is 0 Å². The smallest absolute Gasteiger partial charge is 0.221 e. The minimum absolute atomic E-state index is 0.0433.